The molecule has 176 valence electrons. The van der Waals surface area contributed by atoms with E-state index >= 15 is 0 Å². The number of rotatable bonds is 4. The third kappa shape index (κ3) is 5.05. The van der Waals surface area contributed by atoms with Gasteiger partial charge in [-0.15, -0.1) is 23.7 Å². The number of carbonyl (C=O) groups excluding carboxylic acids is 2. The van der Waals surface area contributed by atoms with Gasteiger partial charge in [0.1, 0.15) is 11.5 Å². The van der Waals surface area contributed by atoms with Gasteiger partial charge in [-0.1, -0.05) is 12.8 Å². The number of H-pyrrole nitrogens is 1. The van der Waals surface area contributed by atoms with Crippen LogP contribution in [0, 0.1) is 5.82 Å². The summed E-state index contributed by atoms with van der Waals surface area (Å²) in [6.07, 6.45) is 4.47. The first kappa shape index (κ1) is 23.7. The molecule has 0 unspecified atom stereocenters. The van der Waals surface area contributed by atoms with E-state index < -0.39 is 0 Å². The van der Waals surface area contributed by atoms with Gasteiger partial charge in [-0.25, -0.2) is 9.37 Å². The van der Waals surface area contributed by atoms with Crippen molar-refractivity contribution < 1.29 is 14.0 Å². The highest BCUT2D eigenvalue weighted by molar-refractivity contribution is 7.13. The van der Waals surface area contributed by atoms with Crippen LogP contribution in [-0.4, -0.2) is 52.4 Å². The molecule has 0 spiro atoms. The highest BCUT2D eigenvalue weighted by atomic mass is 35.5. The zero-order valence-corrected chi connectivity index (χ0v) is 20.0. The molecule has 1 fully saturated rings. The van der Waals surface area contributed by atoms with Crippen molar-refractivity contribution in [2.75, 3.05) is 13.6 Å². The van der Waals surface area contributed by atoms with Crippen molar-refractivity contribution in [1.82, 2.24) is 25.5 Å². The highest BCUT2D eigenvalue weighted by Gasteiger charge is 2.30. The molecular weight excluding hydrogens is 465 g/mol. The smallest absolute Gasteiger partial charge is 0.280 e. The SMILES string of the molecule is CN1CCc2nc(C(=O)N[C@H]3CCCC[C@@H]3NC(=O)c3cc4cc(F)ccc4[nH]3)sc2C1.Cl. The van der Waals surface area contributed by atoms with Gasteiger partial charge in [-0.2, -0.15) is 0 Å². The molecule has 2 amide bonds. The first-order valence-corrected chi connectivity index (χ1v) is 11.8. The fourth-order valence-electron chi connectivity index (χ4n) is 4.60. The molecule has 0 bridgehead atoms. The number of carbonyl (C=O) groups is 2. The lowest BCUT2D eigenvalue weighted by atomic mass is 9.90. The number of halogens is 2. The summed E-state index contributed by atoms with van der Waals surface area (Å²) < 4.78 is 13.5. The molecule has 7 nitrogen and oxygen atoms in total. The number of nitrogens with zero attached hydrogens (tertiary/aromatic N) is 2. The number of thiazole rings is 1. The Morgan fingerprint density at radius 1 is 1.15 bits per heavy atom. The third-order valence-corrected chi connectivity index (χ3v) is 7.42. The van der Waals surface area contributed by atoms with Crippen LogP contribution in [0.5, 0.6) is 0 Å². The maximum absolute atomic E-state index is 13.5. The van der Waals surface area contributed by atoms with Crippen molar-refractivity contribution in [3.05, 3.63) is 51.4 Å². The summed E-state index contributed by atoms with van der Waals surface area (Å²) in [4.78, 5) is 36.8. The first-order chi connectivity index (χ1) is 15.5. The number of amides is 2. The molecular formula is C23H27ClFN5O2S. The Kier molecular flexibility index (Phi) is 7.02. The third-order valence-electron chi connectivity index (χ3n) is 6.34. The zero-order chi connectivity index (χ0) is 22.2. The molecule has 5 rings (SSSR count). The molecule has 33 heavy (non-hydrogen) atoms. The molecule has 3 heterocycles. The van der Waals surface area contributed by atoms with Gasteiger partial charge in [0.2, 0.25) is 0 Å². The van der Waals surface area contributed by atoms with Gasteiger partial charge in [0, 0.05) is 47.4 Å². The number of benzene rings is 1. The monoisotopic (exact) mass is 491 g/mol. The summed E-state index contributed by atoms with van der Waals surface area (Å²) >= 11 is 1.46. The van der Waals surface area contributed by atoms with Gasteiger partial charge < -0.3 is 20.5 Å². The zero-order valence-electron chi connectivity index (χ0n) is 18.3. The molecule has 1 aliphatic heterocycles. The normalized spacial score (nSPS) is 20.7. The summed E-state index contributed by atoms with van der Waals surface area (Å²) in [5.74, 6) is -0.756. The predicted molar refractivity (Wildman–Crippen MR) is 129 cm³/mol. The van der Waals surface area contributed by atoms with Crippen molar-refractivity contribution in [2.24, 2.45) is 0 Å². The van der Waals surface area contributed by atoms with Crippen LogP contribution in [0.2, 0.25) is 0 Å². The van der Waals surface area contributed by atoms with Crippen LogP contribution in [0.4, 0.5) is 4.39 Å². The van der Waals surface area contributed by atoms with Gasteiger partial charge in [0.15, 0.2) is 5.01 Å². The molecule has 2 aliphatic rings. The van der Waals surface area contributed by atoms with E-state index in [1.807, 2.05) is 0 Å². The molecule has 2 aromatic heterocycles. The van der Waals surface area contributed by atoms with Gasteiger partial charge in [0.05, 0.1) is 5.69 Å². The van der Waals surface area contributed by atoms with E-state index in [9.17, 15) is 14.0 Å². The minimum Gasteiger partial charge on any atom is -0.351 e. The van der Waals surface area contributed by atoms with Crippen LogP contribution in [0.25, 0.3) is 10.9 Å². The molecule has 10 heteroatoms. The maximum atomic E-state index is 13.5. The number of likely N-dealkylation sites (N-methyl/N-ethyl adjacent to an activating group) is 1. The second-order valence-corrected chi connectivity index (χ2v) is 9.82. The lowest BCUT2D eigenvalue weighted by Crippen LogP contribution is -2.53. The summed E-state index contributed by atoms with van der Waals surface area (Å²) in [6.45, 7) is 1.78. The molecule has 0 saturated heterocycles. The quantitative estimate of drug-likeness (QED) is 0.519. The standard InChI is InChI=1S/C23H26FN5O2S.ClH/c1-29-9-8-18-20(12-29)32-23(28-18)22(31)27-17-5-3-2-4-16(17)26-21(30)19-11-13-10-14(24)6-7-15(13)25-19;/h6-7,10-11,16-17,25H,2-5,8-9,12H2,1H3,(H,26,30)(H,27,31);1H/t16-,17-;/m0./s1. The average molecular weight is 492 g/mol. The number of fused-ring (bicyclic) bond motifs is 2. The van der Waals surface area contributed by atoms with E-state index in [0.717, 1.165) is 55.8 Å². The Morgan fingerprint density at radius 2 is 1.88 bits per heavy atom. The largest absolute Gasteiger partial charge is 0.351 e. The Bertz CT molecular complexity index is 1180. The summed E-state index contributed by atoms with van der Waals surface area (Å²) in [7, 11) is 2.07. The molecule has 3 aromatic rings. The van der Waals surface area contributed by atoms with Crippen LogP contribution in [0.15, 0.2) is 24.3 Å². The number of aromatic nitrogens is 2. The molecule has 0 radical (unpaired) electrons. The fraction of sp³-hybridized carbons (Fsp3) is 0.435. The number of nitrogens with one attached hydrogen (secondary N) is 3. The first-order valence-electron chi connectivity index (χ1n) is 11.0. The van der Waals surface area contributed by atoms with Crippen molar-refractivity contribution >= 4 is 46.5 Å². The molecule has 1 saturated carbocycles. The van der Waals surface area contributed by atoms with Gasteiger partial charge in [-0.3, -0.25) is 9.59 Å². The Hall–Kier alpha value is -2.49. The number of hydrogen-bond donors (Lipinski definition) is 3. The van der Waals surface area contributed by atoms with E-state index in [0.29, 0.717) is 21.6 Å². The van der Waals surface area contributed by atoms with Crippen LogP contribution >= 0.6 is 23.7 Å². The summed E-state index contributed by atoms with van der Waals surface area (Å²) in [5.41, 5.74) is 2.13. The van der Waals surface area contributed by atoms with E-state index in [2.05, 4.69) is 32.5 Å². The number of hydrogen-bond acceptors (Lipinski definition) is 5. The summed E-state index contributed by atoms with van der Waals surface area (Å²) in [5, 5.41) is 7.34. The minimum atomic E-state index is -0.339. The van der Waals surface area contributed by atoms with Gasteiger partial charge in [0.25, 0.3) is 11.8 Å². The predicted octanol–water partition coefficient (Wildman–Crippen LogP) is 3.64. The Labute approximate surface area is 201 Å². The van der Waals surface area contributed by atoms with E-state index in [1.165, 1.54) is 23.5 Å². The van der Waals surface area contributed by atoms with Crippen LogP contribution < -0.4 is 10.6 Å². The molecule has 1 aromatic carbocycles. The second-order valence-electron chi connectivity index (χ2n) is 8.74. The Morgan fingerprint density at radius 3 is 2.64 bits per heavy atom. The van der Waals surface area contributed by atoms with Crippen molar-refractivity contribution in [3.63, 3.8) is 0 Å². The van der Waals surface area contributed by atoms with Gasteiger partial charge >= 0.3 is 0 Å². The minimum absolute atomic E-state index is 0. The maximum Gasteiger partial charge on any atom is 0.280 e. The number of aromatic amines is 1. The fourth-order valence-corrected chi connectivity index (χ4v) is 5.69. The summed E-state index contributed by atoms with van der Waals surface area (Å²) in [6, 6.07) is 5.73. The second kappa shape index (κ2) is 9.79. The molecule has 2 atom stereocenters. The topological polar surface area (TPSA) is 90.1 Å². The van der Waals surface area contributed by atoms with E-state index in [4.69, 9.17) is 0 Å². The van der Waals surface area contributed by atoms with Crippen LogP contribution in [0.3, 0.4) is 0 Å². The molecule has 1 aliphatic carbocycles. The van der Waals surface area contributed by atoms with E-state index in [-0.39, 0.29) is 42.1 Å². The van der Waals surface area contributed by atoms with Crippen molar-refractivity contribution in [3.8, 4) is 0 Å². The Balaban J connectivity index is 0.00000259. The van der Waals surface area contributed by atoms with Crippen LogP contribution in [0.1, 0.15) is 56.5 Å². The van der Waals surface area contributed by atoms with Crippen molar-refractivity contribution in [2.45, 2.75) is 50.7 Å². The highest BCUT2D eigenvalue weighted by Crippen LogP contribution is 2.26. The lowest BCUT2D eigenvalue weighted by Gasteiger charge is -2.32. The van der Waals surface area contributed by atoms with E-state index in [1.54, 1.807) is 12.1 Å². The lowest BCUT2D eigenvalue weighted by molar-refractivity contribution is 0.0860. The van der Waals surface area contributed by atoms with Gasteiger partial charge in [-0.05, 0) is 44.2 Å². The van der Waals surface area contributed by atoms with Crippen LogP contribution in [-0.2, 0) is 13.0 Å². The average Bonchev–Trinajstić information content (AvgIpc) is 3.38. The molecule has 3 N–H and O–H groups in total. The van der Waals surface area contributed by atoms with Crippen molar-refractivity contribution in [1.29, 1.82) is 0 Å².